The molecule has 0 saturated carbocycles. The molecule has 0 spiro atoms. The number of ether oxygens (including phenoxy) is 1. The zero-order chi connectivity index (χ0) is 13.1. The van der Waals surface area contributed by atoms with Gasteiger partial charge in [-0.1, -0.05) is 24.3 Å². The van der Waals surface area contributed by atoms with Gasteiger partial charge in [-0.25, -0.2) is 9.78 Å². The minimum atomic E-state index is -0.346. The van der Waals surface area contributed by atoms with Gasteiger partial charge >= 0.3 is 5.97 Å². The van der Waals surface area contributed by atoms with Crippen LogP contribution in [0.25, 0.3) is 10.6 Å². The van der Waals surface area contributed by atoms with Crippen molar-refractivity contribution in [3.8, 4) is 10.6 Å². The van der Waals surface area contributed by atoms with Crippen LogP contribution in [-0.4, -0.2) is 18.1 Å². The van der Waals surface area contributed by atoms with Crippen molar-refractivity contribution < 1.29 is 9.53 Å². The number of nitrogens with zero attached hydrogens (tertiary/aromatic N) is 1. The van der Waals surface area contributed by atoms with Gasteiger partial charge in [0.2, 0.25) is 0 Å². The lowest BCUT2D eigenvalue weighted by molar-refractivity contribution is 0.0605. The van der Waals surface area contributed by atoms with Gasteiger partial charge in [-0.15, -0.1) is 11.3 Å². The first-order valence-corrected chi connectivity index (χ1v) is 6.33. The lowest BCUT2D eigenvalue weighted by Crippen LogP contribution is -1.99. The highest BCUT2D eigenvalue weighted by molar-refractivity contribution is 7.17. The van der Waals surface area contributed by atoms with Crippen LogP contribution in [0.1, 0.15) is 20.9 Å². The second kappa shape index (κ2) is 5.29. The van der Waals surface area contributed by atoms with Crippen molar-refractivity contribution in [3.63, 3.8) is 0 Å². The van der Waals surface area contributed by atoms with Gasteiger partial charge < -0.3 is 10.5 Å². The van der Waals surface area contributed by atoms with Crippen molar-refractivity contribution >= 4 is 17.3 Å². The molecule has 4 nitrogen and oxygen atoms in total. The number of thiazole rings is 1. The van der Waals surface area contributed by atoms with E-state index in [4.69, 9.17) is 10.5 Å². The molecular weight excluding hydrogens is 248 g/mol. The summed E-state index contributed by atoms with van der Waals surface area (Å²) in [5.74, 6) is -0.346. The maximum atomic E-state index is 11.6. The van der Waals surface area contributed by atoms with Crippen LogP contribution < -0.4 is 5.73 Å². The molecule has 94 valence electrons. The number of aryl methyl sites for hydroxylation is 1. The zero-order valence-electron chi connectivity index (χ0n) is 10.3. The molecule has 1 heterocycles. The SMILES string of the molecule is COC(=O)c1sc(-c2ccccc2CN)nc1C. The lowest BCUT2D eigenvalue weighted by Gasteiger charge is -2.03. The number of carbonyl (C=O) groups excluding carboxylic acids is 1. The normalized spacial score (nSPS) is 10.4. The fraction of sp³-hybridized carbons (Fsp3) is 0.231. The first kappa shape index (κ1) is 12.7. The molecule has 5 heteroatoms. The summed E-state index contributed by atoms with van der Waals surface area (Å²) in [6, 6.07) is 7.79. The molecule has 2 aromatic rings. The van der Waals surface area contributed by atoms with Crippen molar-refractivity contribution in [3.05, 3.63) is 40.4 Å². The summed E-state index contributed by atoms with van der Waals surface area (Å²) < 4.78 is 4.73. The second-order valence-electron chi connectivity index (χ2n) is 3.79. The van der Waals surface area contributed by atoms with Gasteiger partial charge in [0.25, 0.3) is 0 Å². The minimum Gasteiger partial charge on any atom is -0.465 e. The van der Waals surface area contributed by atoms with E-state index in [1.165, 1.54) is 18.4 Å². The topological polar surface area (TPSA) is 65.2 Å². The molecule has 0 saturated heterocycles. The Labute approximate surface area is 109 Å². The Morgan fingerprint density at radius 3 is 2.83 bits per heavy atom. The van der Waals surface area contributed by atoms with Crippen molar-refractivity contribution in [1.29, 1.82) is 0 Å². The molecule has 0 aliphatic rings. The van der Waals surface area contributed by atoms with Crippen LogP contribution in [0.3, 0.4) is 0 Å². The van der Waals surface area contributed by atoms with Gasteiger partial charge in [0.15, 0.2) is 0 Å². The summed E-state index contributed by atoms with van der Waals surface area (Å²) in [5.41, 5.74) is 8.38. The summed E-state index contributed by atoms with van der Waals surface area (Å²) >= 11 is 1.33. The smallest absolute Gasteiger partial charge is 0.349 e. The van der Waals surface area contributed by atoms with Crippen molar-refractivity contribution in [2.45, 2.75) is 13.5 Å². The van der Waals surface area contributed by atoms with Crippen molar-refractivity contribution in [2.75, 3.05) is 7.11 Å². The number of hydrogen-bond acceptors (Lipinski definition) is 5. The number of rotatable bonds is 3. The van der Waals surface area contributed by atoms with Gasteiger partial charge in [-0.2, -0.15) is 0 Å². The summed E-state index contributed by atoms with van der Waals surface area (Å²) in [4.78, 5) is 16.5. The number of hydrogen-bond donors (Lipinski definition) is 1. The second-order valence-corrected chi connectivity index (χ2v) is 4.79. The van der Waals surface area contributed by atoms with Gasteiger partial charge in [-0.3, -0.25) is 0 Å². The number of esters is 1. The highest BCUT2D eigenvalue weighted by Gasteiger charge is 2.17. The molecule has 0 aliphatic carbocycles. The predicted octanol–water partition coefficient (Wildman–Crippen LogP) is 2.36. The summed E-state index contributed by atoms with van der Waals surface area (Å²) in [6.45, 7) is 2.25. The Balaban J connectivity index is 2.49. The fourth-order valence-corrected chi connectivity index (χ4v) is 2.75. The molecule has 2 N–H and O–H groups in total. The molecular formula is C13H14N2O2S. The minimum absolute atomic E-state index is 0.346. The number of aromatic nitrogens is 1. The Morgan fingerprint density at radius 1 is 1.44 bits per heavy atom. The van der Waals surface area contributed by atoms with Crippen LogP contribution >= 0.6 is 11.3 Å². The molecule has 0 aliphatic heterocycles. The molecule has 0 fully saturated rings. The highest BCUT2D eigenvalue weighted by atomic mass is 32.1. The molecule has 0 bridgehead atoms. The van der Waals surface area contributed by atoms with Gasteiger partial charge in [0.05, 0.1) is 12.8 Å². The van der Waals surface area contributed by atoms with E-state index in [0.29, 0.717) is 17.1 Å². The van der Waals surface area contributed by atoms with E-state index in [0.717, 1.165) is 16.1 Å². The molecule has 0 atom stereocenters. The number of carbonyl (C=O) groups is 1. The van der Waals surface area contributed by atoms with Gasteiger partial charge in [0, 0.05) is 12.1 Å². The first-order valence-electron chi connectivity index (χ1n) is 5.51. The Morgan fingerprint density at radius 2 is 2.17 bits per heavy atom. The molecule has 0 radical (unpaired) electrons. The van der Waals surface area contributed by atoms with Crippen LogP contribution in [0.2, 0.25) is 0 Å². The van der Waals surface area contributed by atoms with E-state index < -0.39 is 0 Å². The van der Waals surface area contributed by atoms with Gasteiger partial charge in [0.1, 0.15) is 9.88 Å². The van der Waals surface area contributed by atoms with Crippen LogP contribution in [0.5, 0.6) is 0 Å². The van der Waals surface area contributed by atoms with E-state index in [2.05, 4.69) is 4.98 Å². The average molecular weight is 262 g/mol. The van der Waals surface area contributed by atoms with E-state index in [-0.39, 0.29) is 5.97 Å². The molecule has 1 aromatic carbocycles. The molecule has 2 rings (SSSR count). The van der Waals surface area contributed by atoms with Gasteiger partial charge in [-0.05, 0) is 12.5 Å². The Kier molecular flexibility index (Phi) is 3.74. The standard InChI is InChI=1S/C13H14N2O2S/c1-8-11(13(16)17-2)18-12(15-8)10-6-4-3-5-9(10)7-14/h3-6H,7,14H2,1-2H3. The monoisotopic (exact) mass is 262 g/mol. The predicted molar refractivity (Wildman–Crippen MR) is 71.5 cm³/mol. The Bertz CT molecular complexity index is 578. The summed E-state index contributed by atoms with van der Waals surface area (Å²) in [7, 11) is 1.37. The number of benzene rings is 1. The molecule has 1 aromatic heterocycles. The van der Waals surface area contributed by atoms with E-state index in [1.54, 1.807) is 6.92 Å². The summed E-state index contributed by atoms with van der Waals surface area (Å²) in [6.07, 6.45) is 0. The largest absolute Gasteiger partial charge is 0.465 e. The average Bonchev–Trinajstić information content (AvgIpc) is 2.79. The zero-order valence-corrected chi connectivity index (χ0v) is 11.1. The fourth-order valence-electron chi connectivity index (χ4n) is 1.70. The van der Waals surface area contributed by atoms with E-state index >= 15 is 0 Å². The number of nitrogens with two attached hydrogens (primary N) is 1. The lowest BCUT2D eigenvalue weighted by atomic mass is 10.1. The van der Waals surface area contributed by atoms with Crippen LogP contribution in [0.15, 0.2) is 24.3 Å². The van der Waals surface area contributed by atoms with E-state index in [1.807, 2.05) is 24.3 Å². The maximum absolute atomic E-state index is 11.6. The molecule has 0 amide bonds. The summed E-state index contributed by atoms with van der Waals surface area (Å²) in [5, 5.41) is 0.800. The third kappa shape index (κ3) is 2.27. The van der Waals surface area contributed by atoms with Crippen LogP contribution in [0.4, 0.5) is 0 Å². The third-order valence-corrected chi connectivity index (χ3v) is 3.81. The Hall–Kier alpha value is -1.72. The van der Waals surface area contributed by atoms with E-state index in [9.17, 15) is 4.79 Å². The molecule has 18 heavy (non-hydrogen) atoms. The van der Waals surface area contributed by atoms with Crippen LogP contribution in [0, 0.1) is 6.92 Å². The maximum Gasteiger partial charge on any atom is 0.349 e. The highest BCUT2D eigenvalue weighted by Crippen LogP contribution is 2.30. The quantitative estimate of drug-likeness (QED) is 0.862. The molecule has 0 unspecified atom stereocenters. The van der Waals surface area contributed by atoms with Crippen LogP contribution in [-0.2, 0) is 11.3 Å². The van der Waals surface area contributed by atoms with Crippen molar-refractivity contribution in [1.82, 2.24) is 4.98 Å². The third-order valence-electron chi connectivity index (χ3n) is 2.64. The number of methoxy groups -OCH3 is 1. The van der Waals surface area contributed by atoms with Crippen molar-refractivity contribution in [2.24, 2.45) is 5.73 Å². The first-order chi connectivity index (χ1) is 8.67.